The summed E-state index contributed by atoms with van der Waals surface area (Å²) >= 11 is 0. The molecule has 116 valence electrons. The second-order valence-corrected chi connectivity index (χ2v) is 8.70. The molecule has 1 nitrogen and oxygen atoms in total. The van der Waals surface area contributed by atoms with Crippen LogP contribution in [0.5, 0.6) is 0 Å². The molecule has 3 aliphatic carbocycles. The minimum atomic E-state index is 0.888. The molecule has 1 heteroatoms. The quantitative estimate of drug-likeness (QED) is 0.773. The van der Waals surface area contributed by atoms with E-state index in [1.807, 2.05) is 0 Å². The van der Waals surface area contributed by atoms with Crippen molar-refractivity contribution in [2.75, 3.05) is 6.54 Å². The summed E-state index contributed by atoms with van der Waals surface area (Å²) in [6.07, 6.45) is 11.9. The molecule has 0 saturated heterocycles. The van der Waals surface area contributed by atoms with Crippen LogP contribution in [-0.4, -0.2) is 12.6 Å². The van der Waals surface area contributed by atoms with Gasteiger partial charge in [-0.25, -0.2) is 0 Å². The molecule has 3 rings (SSSR count). The van der Waals surface area contributed by atoms with Crippen LogP contribution >= 0.6 is 0 Å². The zero-order valence-corrected chi connectivity index (χ0v) is 13.9. The highest BCUT2D eigenvalue weighted by Gasteiger charge is 2.37. The fourth-order valence-corrected chi connectivity index (χ4v) is 5.28. The summed E-state index contributed by atoms with van der Waals surface area (Å²) in [5.41, 5.74) is 0. The van der Waals surface area contributed by atoms with E-state index in [1.165, 1.54) is 57.9 Å². The van der Waals surface area contributed by atoms with Gasteiger partial charge in [-0.05, 0) is 87.0 Å². The molecule has 0 aromatic rings. The molecule has 1 N–H and O–H groups in total. The molecule has 0 aromatic carbocycles. The third-order valence-corrected chi connectivity index (χ3v) is 6.38. The molecule has 0 heterocycles. The van der Waals surface area contributed by atoms with Crippen molar-refractivity contribution >= 4 is 0 Å². The Morgan fingerprint density at radius 2 is 1.45 bits per heavy atom. The predicted octanol–water partition coefficient (Wildman–Crippen LogP) is 4.86. The lowest BCUT2D eigenvalue weighted by Crippen LogP contribution is -2.39. The van der Waals surface area contributed by atoms with Crippen molar-refractivity contribution < 1.29 is 0 Å². The van der Waals surface area contributed by atoms with Crippen LogP contribution in [0.2, 0.25) is 0 Å². The average Bonchev–Trinajstić information content (AvgIpc) is 3.20. The van der Waals surface area contributed by atoms with Crippen molar-refractivity contribution in [3.8, 4) is 0 Å². The lowest BCUT2D eigenvalue weighted by molar-refractivity contribution is 0.0696. The minimum Gasteiger partial charge on any atom is -0.314 e. The summed E-state index contributed by atoms with van der Waals surface area (Å²) in [6, 6.07) is 0.888. The monoisotopic (exact) mass is 277 g/mol. The number of rotatable bonds is 4. The van der Waals surface area contributed by atoms with Crippen LogP contribution in [0.3, 0.4) is 0 Å². The van der Waals surface area contributed by atoms with Crippen LogP contribution in [0.4, 0.5) is 0 Å². The van der Waals surface area contributed by atoms with E-state index >= 15 is 0 Å². The summed E-state index contributed by atoms with van der Waals surface area (Å²) in [5.74, 6) is 5.95. The lowest BCUT2D eigenvalue weighted by Gasteiger charge is -2.44. The van der Waals surface area contributed by atoms with Crippen LogP contribution in [0.15, 0.2) is 0 Å². The van der Waals surface area contributed by atoms with Gasteiger partial charge in [-0.15, -0.1) is 0 Å². The first-order chi connectivity index (χ1) is 9.61. The summed E-state index contributed by atoms with van der Waals surface area (Å²) in [5, 5.41) is 3.83. The smallest absolute Gasteiger partial charge is 0.00683 e. The molecule has 5 unspecified atom stereocenters. The highest BCUT2D eigenvalue weighted by molar-refractivity contribution is 4.90. The first kappa shape index (κ1) is 14.9. The fraction of sp³-hybridized carbons (Fsp3) is 1.00. The summed E-state index contributed by atoms with van der Waals surface area (Å²) < 4.78 is 0. The molecule has 3 aliphatic rings. The van der Waals surface area contributed by atoms with Crippen LogP contribution in [-0.2, 0) is 0 Å². The molecule has 20 heavy (non-hydrogen) atoms. The maximum absolute atomic E-state index is 3.83. The maximum atomic E-state index is 3.83. The predicted molar refractivity (Wildman–Crippen MR) is 86.7 cm³/mol. The van der Waals surface area contributed by atoms with Crippen LogP contribution in [0.1, 0.15) is 72.1 Å². The molecule has 3 saturated carbocycles. The minimum absolute atomic E-state index is 0.888. The van der Waals surface area contributed by atoms with Crippen molar-refractivity contribution in [2.45, 2.75) is 78.2 Å². The summed E-state index contributed by atoms with van der Waals surface area (Å²) in [6.45, 7) is 8.80. The zero-order chi connectivity index (χ0) is 14.1. The highest BCUT2D eigenvalue weighted by atomic mass is 14.9. The van der Waals surface area contributed by atoms with Gasteiger partial charge < -0.3 is 5.32 Å². The van der Waals surface area contributed by atoms with E-state index in [-0.39, 0.29) is 0 Å². The molecule has 0 aliphatic heterocycles. The molecule has 0 radical (unpaired) electrons. The lowest BCUT2D eigenvalue weighted by atomic mass is 9.62. The van der Waals surface area contributed by atoms with Crippen molar-refractivity contribution in [1.82, 2.24) is 5.32 Å². The Kier molecular flexibility index (Phi) is 4.75. The Bertz CT molecular complexity index is 299. The normalized spacial score (nSPS) is 46.4. The molecular weight excluding hydrogens is 242 g/mol. The third-order valence-electron chi connectivity index (χ3n) is 6.38. The fourth-order valence-electron chi connectivity index (χ4n) is 5.28. The van der Waals surface area contributed by atoms with Gasteiger partial charge in [-0.1, -0.05) is 27.2 Å². The van der Waals surface area contributed by atoms with Gasteiger partial charge >= 0.3 is 0 Å². The standard InChI is InChI=1S/C19H35N/c1-13-4-5-16(12-20-18-6-7-18)19(11-13)17-9-14(2)8-15(3)10-17/h13-20H,4-12H2,1-3H3. The molecule has 0 bridgehead atoms. The summed E-state index contributed by atoms with van der Waals surface area (Å²) in [4.78, 5) is 0. The van der Waals surface area contributed by atoms with E-state index in [1.54, 1.807) is 0 Å². The maximum Gasteiger partial charge on any atom is 0.00683 e. The van der Waals surface area contributed by atoms with E-state index in [0.29, 0.717) is 0 Å². The van der Waals surface area contributed by atoms with Crippen molar-refractivity contribution in [2.24, 2.45) is 35.5 Å². The van der Waals surface area contributed by atoms with E-state index in [2.05, 4.69) is 26.1 Å². The van der Waals surface area contributed by atoms with Gasteiger partial charge in [0.2, 0.25) is 0 Å². The van der Waals surface area contributed by atoms with Crippen LogP contribution < -0.4 is 5.32 Å². The first-order valence-electron chi connectivity index (χ1n) is 9.35. The van der Waals surface area contributed by atoms with Gasteiger partial charge in [0.1, 0.15) is 0 Å². The van der Waals surface area contributed by atoms with Crippen molar-refractivity contribution in [3.63, 3.8) is 0 Å². The molecular formula is C19H35N. The molecule has 3 fully saturated rings. The van der Waals surface area contributed by atoms with Crippen molar-refractivity contribution in [3.05, 3.63) is 0 Å². The van der Waals surface area contributed by atoms with E-state index in [0.717, 1.165) is 41.5 Å². The largest absolute Gasteiger partial charge is 0.314 e. The van der Waals surface area contributed by atoms with Gasteiger partial charge in [0, 0.05) is 6.04 Å². The van der Waals surface area contributed by atoms with Gasteiger partial charge in [0.25, 0.3) is 0 Å². The summed E-state index contributed by atoms with van der Waals surface area (Å²) in [7, 11) is 0. The van der Waals surface area contributed by atoms with Crippen LogP contribution in [0, 0.1) is 35.5 Å². The Morgan fingerprint density at radius 3 is 2.10 bits per heavy atom. The molecule has 0 amide bonds. The molecule has 5 atom stereocenters. The Labute approximate surface area is 126 Å². The first-order valence-corrected chi connectivity index (χ1v) is 9.35. The van der Waals surface area contributed by atoms with Crippen molar-refractivity contribution in [1.29, 1.82) is 0 Å². The molecule has 0 aromatic heterocycles. The molecule has 0 spiro atoms. The van der Waals surface area contributed by atoms with E-state index < -0.39 is 0 Å². The topological polar surface area (TPSA) is 12.0 Å². The second-order valence-electron chi connectivity index (χ2n) is 8.70. The zero-order valence-electron chi connectivity index (χ0n) is 13.9. The number of hydrogen-bond acceptors (Lipinski definition) is 1. The van der Waals surface area contributed by atoms with Gasteiger partial charge in [-0.2, -0.15) is 0 Å². The number of nitrogens with one attached hydrogen (secondary N) is 1. The third kappa shape index (κ3) is 3.78. The average molecular weight is 277 g/mol. The van der Waals surface area contributed by atoms with Gasteiger partial charge in [0.15, 0.2) is 0 Å². The SMILES string of the molecule is CC1CC(C)CC(C2CC(C)CCC2CNC2CC2)C1. The highest BCUT2D eigenvalue weighted by Crippen LogP contribution is 2.46. The number of hydrogen-bond donors (Lipinski definition) is 1. The second kappa shape index (κ2) is 6.38. The Morgan fingerprint density at radius 1 is 0.750 bits per heavy atom. The Balaban J connectivity index is 1.61. The Hall–Kier alpha value is -0.0400. The van der Waals surface area contributed by atoms with E-state index in [9.17, 15) is 0 Å². The van der Waals surface area contributed by atoms with Crippen LogP contribution in [0.25, 0.3) is 0 Å². The van der Waals surface area contributed by atoms with Gasteiger partial charge in [0.05, 0.1) is 0 Å². The van der Waals surface area contributed by atoms with Gasteiger partial charge in [-0.3, -0.25) is 0 Å². The van der Waals surface area contributed by atoms with E-state index in [4.69, 9.17) is 0 Å².